The first-order chi connectivity index (χ1) is 9.45. The number of amides is 1. The van der Waals surface area contributed by atoms with Crippen molar-refractivity contribution in [3.8, 4) is 0 Å². The Bertz CT molecular complexity index is 258. The number of hydrogen-bond donors (Lipinski definition) is 1. The first-order valence-electron chi connectivity index (χ1n) is 6.82. The van der Waals surface area contributed by atoms with Gasteiger partial charge in [-0.15, -0.1) is 0 Å². The number of ketones is 1. The van der Waals surface area contributed by atoms with Crippen molar-refractivity contribution < 1.29 is 9.59 Å². The highest BCUT2D eigenvalue weighted by atomic mass is 35.5. The van der Waals surface area contributed by atoms with Crippen LogP contribution in [0.4, 0.5) is 0 Å². The van der Waals surface area contributed by atoms with Crippen LogP contribution in [0.2, 0.25) is 0 Å². The van der Waals surface area contributed by atoms with E-state index < -0.39 is 9.67 Å². The Balaban J connectivity index is 3.21. The van der Waals surface area contributed by atoms with E-state index in [1.54, 1.807) is 0 Å². The molecule has 0 heterocycles. The van der Waals surface area contributed by atoms with Gasteiger partial charge >= 0.3 is 0 Å². The monoisotopic (exact) mass is 363 g/mol. The van der Waals surface area contributed by atoms with Crippen LogP contribution in [-0.4, -0.2) is 27.9 Å². The minimum Gasteiger partial charge on any atom is -0.354 e. The molecule has 0 saturated heterocycles. The molecule has 0 aromatic carbocycles. The number of halogens is 4. The zero-order valence-electron chi connectivity index (χ0n) is 11.3. The molecule has 0 unspecified atom stereocenters. The molecule has 0 aromatic heterocycles. The van der Waals surface area contributed by atoms with Gasteiger partial charge in [-0.2, -0.15) is 0 Å². The first kappa shape index (κ1) is 20.3. The summed E-state index contributed by atoms with van der Waals surface area (Å²) in [5.74, 6) is -0.434. The number of carbonyl (C=O) groups is 2. The topological polar surface area (TPSA) is 46.2 Å². The molecular weight excluding hydrogens is 344 g/mol. The van der Waals surface area contributed by atoms with Gasteiger partial charge in [-0.05, 0) is 12.8 Å². The van der Waals surface area contributed by atoms with E-state index in [-0.39, 0.29) is 11.7 Å². The molecule has 1 amide bonds. The number of unbranched alkanes of at least 4 members (excludes halogenated alkanes) is 6. The summed E-state index contributed by atoms with van der Waals surface area (Å²) >= 11 is 21.7. The van der Waals surface area contributed by atoms with Crippen LogP contribution < -0.4 is 5.32 Å². The predicted octanol–water partition coefficient (Wildman–Crippen LogP) is 4.40. The molecule has 20 heavy (non-hydrogen) atoms. The molecule has 0 fully saturated rings. The van der Waals surface area contributed by atoms with E-state index in [2.05, 4.69) is 5.32 Å². The van der Waals surface area contributed by atoms with Crippen LogP contribution in [0.25, 0.3) is 0 Å². The molecule has 0 radical (unpaired) electrons. The number of alkyl halides is 4. The van der Waals surface area contributed by atoms with E-state index >= 15 is 0 Å². The summed E-state index contributed by atoms with van der Waals surface area (Å²) in [5, 5.41) is 2.65. The lowest BCUT2D eigenvalue weighted by molar-refractivity contribution is -0.119. The van der Waals surface area contributed by atoms with Crippen LogP contribution in [0, 0.1) is 0 Å². The summed E-state index contributed by atoms with van der Waals surface area (Å²) < 4.78 is 0. The maximum absolute atomic E-state index is 11.1. The van der Waals surface area contributed by atoms with E-state index in [1.807, 2.05) is 0 Å². The molecule has 1 N–H and O–H groups in total. The van der Waals surface area contributed by atoms with Gasteiger partial charge in [0, 0.05) is 13.0 Å². The fourth-order valence-corrected chi connectivity index (χ4v) is 2.08. The highest BCUT2D eigenvalue weighted by Crippen LogP contribution is 2.12. The second kappa shape index (κ2) is 13.0. The SMILES string of the molecule is O=C(CCCCCCCCCNC(=O)C(Cl)Cl)C(Cl)Cl. The maximum Gasteiger partial charge on any atom is 0.253 e. The Morgan fingerprint density at radius 3 is 1.75 bits per heavy atom. The molecule has 0 atom stereocenters. The quantitative estimate of drug-likeness (QED) is 0.412. The molecule has 3 nitrogen and oxygen atoms in total. The van der Waals surface area contributed by atoms with E-state index in [4.69, 9.17) is 46.4 Å². The molecule has 0 spiro atoms. The fourth-order valence-electron chi connectivity index (χ4n) is 1.71. The fraction of sp³-hybridized carbons (Fsp3) is 0.846. The van der Waals surface area contributed by atoms with Gasteiger partial charge in [-0.1, -0.05) is 78.5 Å². The summed E-state index contributed by atoms with van der Waals surface area (Å²) in [6, 6.07) is 0. The van der Waals surface area contributed by atoms with Gasteiger partial charge in [0.15, 0.2) is 15.5 Å². The lowest BCUT2D eigenvalue weighted by Crippen LogP contribution is -2.29. The Hall–Kier alpha value is 0.300. The largest absolute Gasteiger partial charge is 0.354 e. The Labute approximate surface area is 140 Å². The molecule has 0 saturated carbocycles. The summed E-state index contributed by atoms with van der Waals surface area (Å²) in [4.78, 5) is 20.3. The number of carbonyl (C=O) groups excluding carboxylic acids is 2. The zero-order chi connectivity index (χ0) is 15.4. The predicted molar refractivity (Wildman–Crippen MR) is 85.9 cm³/mol. The molecule has 0 aliphatic heterocycles. The van der Waals surface area contributed by atoms with Crippen molar-refractivity contribution in [1.29, 1.82) is 0 Å². The van der Waals surface area contributed by atoms with Gasteiger partial charge in [-0.3, -0.25) is 9.59 Å². The van der Waals surface area contributed by atoms with Crippen LogP contribution >= 0.6 is 46.4 Å². The molecule has 0 aliphatic carbocycles. The van der Waals surface area contributed by atoms with Crippen LogP contribution in [0.15, 0.2) is 0 Å². The van der Waals surface area contributed by atoms with E-state index in [9.17, 15) is 9.59 Å². The van der Waals surface area contributed by atoms with E-state index in [0.29, 0.717) is 13.0 Å². The normalized spacial score (nSPS) is 11.1. The van der Waals surface area contributed by atoms with Crippen LogP contribution in [0.3, 0.4) is 0 Å². The second-order valence-corrected chi connectivity index (χ2v) is 6.78. The number of hydrogen-bond acceptors (Lipinski definition) is 2. The number of nitrogens with one attached hydrogen (secondary N) is 1. The summed E-state index contributed by atoms with van der Waals surface area (Å²) in [6.07, 6.45) is 7.64. The molecule has 0 rings (SSSR count). The van der Waals surface area contributed by atoms with Crippen molar-refractivity contribution in [2.75, 3.05) is 6.54 Å². The summed E-state index contributed by atoms with van der Waals surface area (Å²) in [5.41, 5.74) is 0. The van der Waals surface area contributed by atoms with Gasteiger partial charge in [0.25, 0.3) is 5.91 Å². The third-order valence-electron chi connectivity index (χ3n) is 2.84. The third kappa shape index (κ3) is 12.1. The van der Waals surface area contributed by atoms with Gasteiger partial charge in [0.05, 0.1) is 0 Å². The van der Waals surface area contributed by atoms with Crippen LogP contribution in [0.1, 0.15) is 51.4 Å². The molecule has 7 heteroatoms. The van der Waals surface area contributed by atoms with Crippen molar-refractivity contribution in [1.82, 2.24) is 5.32 Å². The van der Waals surface area contributed by atoms with Crippen molar-refractivity contribution in [3.05, 3.63) is 0 Å². The van der Waals surface area contributed by atoms with Gasteiger partial charge < -0.3 is 5.32 Å². The highest BCUT2D eigenvalue weighted by molar-refractivity contribution is 6.54. The standard InChI is InChI=1S/C13H21Cl4NO2/c14-11(15)10(19)8-6-4-2-1-3-5-7-9-18-13(20)12(16)17/h11-12H,1-9H2,(H,18,20). The minimum absolute atomic E-state index is 0.0963. The molecular formula is C13H21Cl4NO2. The number of rotatable bonds is 12. The van der Waals surface area contributed by atoms with Gasteiger partial charge in [0.1, 0.15) is 0 Å². The molecule has 0 aliphatic rings. The Morgan fingerprint density at radius 2 is 1.25 bits per heavy atom. The lowest BCUT2D eigenvalue weighted by Gasteiger charge is -2.05. The molecule has 0 aromatic rings. The minimum atomic E-state index is -0.988. The smallest absolute Gasteiger partial charge is 0.253 e. The van der Waals surface area contributed by atoms with E-state index in [1.165, 1.54) is 0 Å². The van der Waals surface area contributed by atoms with Crippen molar-refractivity contribution in [3.63, 3.8) is 0 Å². The maximum atomic E-state index is 11.1. The van der Waals surface area contributed by atoms with Gasteiger partial charge in [0.2, 0.25) is 0 Å². The average Bonchev–Trinajstić information content (AvgIpc) is 2.39. The lowest BCUT2D eigenvalue weighted by atomic mass is 10.1. The highest BCUT2D eigenvalue weighted by Gasteiger charge is 2.10. The zero-order valence-corrected chi connectivity index (χ0v) is 14.4. The van der Waals surface area contributed by atoms with Crippen molar-refractivity contribution >= 4 is 58.1 Å². The summed E-state index contributed by atoms with van der Waals surface area (Å²) in [6.45, 7) is 0.607. The van der Waals surface area contributed by atoms with Crippen LogP contribution in [0.5, 0.6) is 0 Å². The Morgan fingerprint density at radius 1 is 0.750 bits per heavy atom. The van der Waals surface area contributed by atoms with E-state index in [0.717, 1.165) is 44.9 Å². The third-order valence-corrected chi connectivity index (χ3v) is 3.72. The number of Topliss-reactive ketones (excluding diaryl/α,β-unsaturated/α-hetero) is 1. The van der Waals surface area contributed by atoms with Gasteiger partial charge in [-0.25, -0.2) is 0 Å². The Kier molecular flexibility index (Phi) is 13.2. The van der Waals surface area contributed by atoms with Crippen LogP contribution in [-0.2, 0) is 9.59 Å². The second-order valence-electron chi connectivity index (χ2n) is 4.58. The average molecular weight is 365 g/mol. The van der Waals surface area contributed by atoms with Crippen molar-refractivity contribution in [2.45, 2.75) is 61.0 Å². The first-order valence-corrected chi connectivity index (χ1v) is 8.56. The van der Waals surface area contributed by atoms with Crippen molar-refractivity contribution in [2.24, 2.45) is 0 Å². The summed E-state index contributed by atoms with van der Waals surface area (Å²) in [7, 11) is 0. The molecule has 118 valence electrons. The molecule has 0 bridgehead atoms.